The van der Waals surface area contributed by atoms with E-state index in [2.05, 4.69) is 55.2 Å². The van der Waals surface area contributed by atoms with Crippen LogP contribution in [0.4, 0.5) is 4.79 Å². The Morgan fingerprint density at radius 1 is 1.33 bits per heavy atom. The molecule has 1 heterocycles. The first-order valence-corrected chi connectivity index (χ1v) is 10.7. The largest absolute Gasteiger partial charge is 0.465 e. The normalized spacial score (nSPS) is 14.8. The minimum atomic E-state index is -1.14. The van der Waals surface area contributed by atoms with Crippen LogP contribution in [0.3, 0.4) is 0 Å². The molecule has 30 heavy (non-hydrogen) atoms. The van der Waals surface area contributed by atoms with Gasteiger partial charge in [0.1, 0.15) is 0 Å². The minimum Gasteiger partial charge on any atom is -0.465 e. The van der Waals surface area contributed by atoms with Crippen molar-refractivity contribution in [2.75, 3.05) is 20.3 Å². The zero-order chi connectivity index (χ0) is 22.3. The van der Waals surface area contributed by atoms with E-state index in [1.165, 1.54) is 22.0 Å². The lowest BCUT2D eigenvalue weighted by Crippen LogP contribution is -2.47. The molecule has 0 fully saturated rings. The van der Waals surface area contributed by atoms with Crippen molar-refractivity contribution >= 4 is 17.0 Å². The monoisotopic (exact) mass is 419 g/mol. The van der Waals surface area contributed by atoms with E-state index in [9.17, 15) is 9.90 Å². The number of nitrogens with two attached hydrogens (primary N) is 1. The van der Waals surface area contributed by atoms with Gasteiger partial charge >= 0.3 is 6.09 Å². The first-order chi connectivity index (χ1) is 14.3. The molecule has 1 aromatic carbocycles. The molecule has 0 aliphatic heterocycles. The van der Waals surface area contributed by atoms with Gasteiger partial charge in [-0.15, -0.1) is 0 Å². The van der Waals surface area contributed by atoms with E-state index in [1.54, 1.807) is 7.11 Å². The van der Waals surface area contributed by atoms with Crippen LogP contribution in [-0.2, 0) is 24.6 Å². The molecule has 0 bridgehead atoms. The van der Waals surface area contributed by atoms with Gasteiger partial charge in [-0.05, 0) is 60.8 Å². The van der Waals surface area contributed by atoms with Gasteiger partial charge in [-0.3, -0.25) is 0 Å². The van der Waals surface area contributed by atoms with Crippen molar-refractivity contribution in [2.24, 2.45) is 24.6 Å². The number of amides is 1. The number of carboxylic acid groups (broad SMARTS) is 1. The summed E-state index contributed by atoms with van der Waals surface area (Å²) in [6.45, 7) is 5.03. The van der Waals surface area contributed by atoms with Gasteiger partial charge < -0.3 is 30.6 Å². The molecule has 0 spiro atoms. The number of aryl methyl sites for hydroxylation is 2. The molecule has 0 radical (unpaired) electrons. The third kappa shape index (κ3) is 6.45. The Hall–Kier alpha value is -2.09. The van der Waals surface area contributed by atoms with Gasteiger partial charge in [0.05, 0.1) is 12.1 Å². The van der Waals surface area contributed by atoms with E-state index in [1.807, 2.05) is 0 Å². The van der Waals surface area contributed by atoms with Gasteiger partial charge in [0, 0.05) is 44.4 Å². The molecule has 168 valence electrons. The first kappa shape index (κ1) is 24.2. The van der Waals surface area contributed by atoms with Crippen LogP contribution in [0, 0.1) is 11.8 Å². The smallest absolute Gasteiger partial charge is 0.404 e. The van der Waals surface area contributed by atoms with Crippen molar-refractivity contribution in [1.82, 2.24) is 9.88 Å². The average molecular weight is 420 g/mol. The summed E-state index contributed by atoms with van der Waals surface area (Å²) >= 11 is 0. The summed E-state index contributed by atoms with van der Waals surface area (Å²) in [7, 11) is 3.79. The molecule has 1 amide bonds. The Kier molecular flexibility index (Phi) is 9.14. The number of aliphatic hydroxyl groups is 1. The lowest BCUT2D eigenvalue weighted by atomic mass is 9.82. The van der Waals surface area contributed by atoms with Crippen LogP contribution >= 0.6 is 0 Å². The maximum atomic E-state index is 11.2. The second-order valence-corrected chi connectivity index (χ2v) is 8.52. The van der Waals surface area contributed by atoms with Crippen molar-refractivity contribution in [3.05, 3.63) is 35.5 Å². The van der Waals surface area contributed by atoms with Gasteiger partial charge in [-0.1, -0.05) is 19.9 Å². The number of methoxy groups -OCH3 is 1. The summed E-state index contributed by atoms with van der Waals surface area (Å²) in [5.74, 6) is 0.543. The van der Waals surface area contributed by atoms with Crippen LogP contribution in [0.25, 0.3) is 10.9 Å². The van der Waals surface area contributed by atoms with Crippen molar-refractivity contribution < 1.29 is 19.7 Å². The topological polar surface area (TPSA) is 110 Å². The Labute approximate surface area is 179 Å². The third-order valence-corrected chi connectivity index (χ3v) is 5.94. The summed E-state index contributed by atoms with van der Waals surface area (Å²) < 4.78 is 7.35. The molecular formula is C23H37N3O4. The highest BCUT2D eigenvalue weighted by molar-refractivity contribution is 5.84. The number of nitrogens with one attached hydrogen (secondary N) is 1. The zero-order valence-corrected chi connectivity index (χ0v) is 18.6. The number of ether oxygens (including phenoxy) is 1. The summed E-state index contributed by atoms with van der Waals surface area (Å²) in [6, 6.07) is 5.98. The lowest BCUT2D eigenvalue weighted by Gasteiger charge is -2.29. The number of hydrogen-bond acceptors (Lipinski definition) is 4. The predicted molar refractivity (Wildman–Crippen MR) is 120 cm³/mol. The van der Waals surface area contributed by atoms with Crippen molar-refractivity contribution in [3.8, 4) is 0 Å². The molecule has 3 atom stereocenters. The van der Waals surface area contributed by atoms with Crippen molar-refractivity contribution in [1.29, 1.82) is 0 Å². The van der Waals surface area contributed by atoms with Gasteiger partial charge in [0.15, 0.2) is 0 Å². The summed E-state index contributed by atoms with van der Waals surface area (Å²) in [6.07, 6.45) is 3.45. The fraction of sp³-hybridized carbons (Fsp3) is 0.609. The highest BCUT2D eigenvalue weighted by Crippen LogP contribution is 2.28. The maximum absolute atomic E-state index is 11.2. The third-order valence-electron chi connectivity index (χ3n) is 5.94. The van der Waals surface area contributed by atoms with Crippen LogP contribution in [-0.4, -0.2) is 53.3 Å². The number of hydrogen-bond donors (Lipinski definition) is 4. The summed E-state index contributed by atoms with van der Waals surface area (Å²) in [4.78, 5) is 11.2. The fourth-order valence-corrected chi connectivity index (χ4v) is 4.11. The second kappa shape index (κ2) is 11.3. The number of carbonyl (C=O) groups is 1. The summed E-state index contributed by atoms with van der Waals surface area (Å²) in [5, 5.41) is 23.0. The number of aliphatic hydroxyl groups excluding tert-OH is 1. The van der Waals surface area contributed by atoms with E-state index in [-0.39, 0.29) is 12.5 Å². The number of nitrogens with zero attached hydrogens (tertiary/aromatic N) is 1. The number of aromatic nitrogens is 1. The van der Waals surface area contributed by atoms with E-state index < -0.39 is 18.2 Å². The Bertz CT molecular complexity index is 818. The zero-order valence-electron chi connectivity index (χ0n) is 18.6. The first-order valence-electron chi connectivity index (χ1n) is 10.7. The highest BCUT2D eigenvalue weighted by Gasteiger charge is 2.26. The molecule has 0 aliphatic carbocycles. The molecule has 2 aromatic rings. The lowest BCUT2D eigenvalue weighted by molar-refractivity contribution is 0.108. The van der Waals surface area contributed by atoms with Crippen LogP contribution in [0.1, 0.15) is 37.8 Å². The molecule has 7 heteroatoms. The Balaban J connectivity index is 2.23. The van der Waals surface area contributed by atoms with Crippen LogP contribution in [0.2, 0.25) is 0 Å². The van der Waals surface area contributed by atoms with Gasteiger partial charge in [0.25, 0.3) is 0 Å². The Morgan fingerprint density at radius 2 is 2.07 bits per heavy atom. The number of fused-ring (bicyclic) bond motifs is 1. The molecule has 5 N–H and O–H groups in total. The molecule has 0 saturated carbocycles. The van der Waals surface area contributed by atoms with E-state index in [0.29, 0.717) is 12.3 Å². The fourth-order valence-electron chi connectivity index (χ4n) is 4.11. The number of rotatable bonds is 12. The second-order valence-electron chi connectivity index (χ2n) is 8.52. The molecule has 0 aliphatic rings. The Morgan fingerprint density at radius 3 is 2.67 bits per heavy atom. The van der Waals surface area contributed by atoms with Gasteiger partial charge in [-0.2, -0.15) is 0 Å². The standard InChI is InChI=1S/C23H37N3O4/c1-15(2)18(12-20(22(27)13-24)25-23(28)29)10-16-7-8-21-19(11-16)17(14-26(21)3)6-5-9-30-4/h7-8,11,14-15,18,20,22,25,27H,5-6,9-10,12-13,24H2,1-4H3,(H,28,29). The highest BCUT2D eigenvalue weighted by atomic mass is 16.5. The van der Waals surface area contributed by atoms with E-state index in [0.717, 1.165) is 25.9 Å². The molecule has 1 aromatic heterocycles. The van der Waals surface area contributed by atoms with Crippen LogP contribution in [0.5, 0.6) is 0 Å². The molecule has 2 rings (SSSR count). The van der Waals surface area contributed by atoms with E-state index in [4.69, 9.17) is 15.6 Å². The van der Waals surface area contributed by atoms with Crippen molar-refractivity contribution in [3.63, 3.8) is 0 Å². The predicted octanol–water partition coefficient (Wildman–Crippen LogP) is 2.92. The average Bonchev–Trinajstić information content (AvgIpc) is 3.01. The number of benzene rings is 1. The van der Waals surface area contributed by atoms with E-state index >= 15 is 0 Å². The molecular weight excluding hydrogens is 382 g/mol. The maximum Gasteiger partial charge on any atom is 0.404 e. The van der Waals surface area contributed by atoms with Gasteiger partial charge in [-0.25, -0.2) is 4.79 Å². The quantitative estimate of drug-likeness (QED) is 0.396. The van der Waals surface area contributed by atoms with Crippen molar-refractivity contribution in [2.45, 2.75) is 51.7 Å². The van der Waals surface area contributed by atoms with Crippen LogP contribution < -0.4 is 11.1 Å². The summed E-state index contributed by atoms with van der Waals surface area (Å²) in [5.41, 5.74) is 9.33. The molecule has 7 nitrogen and oxygen atoms in total. The SMILES string of the molecule is COCCCc1cn(C)c2ccc(CC(CC(NC(=O)O)C(O)CN)C(C)C)cc12. The van der Waals surface area contributed by atoms with Crippen LogP contribution in [0.15, 0.2) is 24.4 Å². The molecule has 0 saturated heterocycles. The minimum absolute atomic E-state index is 0.0244. The van der Waals surface area contributed by atoms with Gasteiger partial charge in [0.2, 0.25) is 0 Å². The molecule has 3 unspecified atom stereocenters.